The standard InChI is InChI=1S/C14H13BrClN3O/c1-8-7-9(15)3-5-11(8)18-14(20)13-10(16)4-6-12(17-2)19-13/h3-7H,1-2H3,(H,17,19)(H,18,20). The van der Waals surface area contributed by atoms with Crippen LogP contribution in [-0.4, -0.2) is 17.9 Å². The highest BCUT2D eigenvalue weighted by atomic mass is 79.9. The van der Waals surface area contributed by atoms with Crippen LogP contribution in [0.15, 0.2) is 34.8 Å². The molecule has 0 fully saturated rings. The van der Waals surface area contributed by atoms with E-state index in [1.165, 1.54) is 0 Å². The molecule has 2 N–H and O–H groups in total. The number of amides is 1. The fraction of sp³-hybridized carbons (Fsp3) is 0.143. The number of nitrogens with one attached hydrogen (secondary N) is 2. The lowest BCUT2D eigenvalue weighted by Gasteiger charge is -2.10. The van der Waals surface area contributed by atoms with Gasteiger partial charge in [0.25, 0.3) is 5.91 Å². The van der Waals surface area contributed by atoms with Crippen LogP contribution in [-0.2, 0) is 0 Å². The molecule has 4 nitrogen and oxygen atoms in total. The van der Waals surface area contributed by atoms with Crippen molar-refractivity contribution >= 4 is 44.9 Å². The molecule has 2 aromatic rings. The van der Waals surface area contributed by atoms with Crippen LogP contribution in [0.3, 0.4) is 0 Å². The summed E-state index contributed by atoms with van der Waals surface area (Å²) >= 11 is 9.40. The van der Waals surface area contributed by atoms with Gasteiger partial charge in [-0.1, -0.05) is 27.5 Å². The number of rotatable bonds is 3. The molecule has 104 valence electrons. The number of carbonyl (C=O) groups is 1. The Bertz CT molecular complexity index is 661. The first-order valence-electron chi connectivity index (χ1n) is 5.93. The number of aryl methyl sites for hydroxylation is 1. The van der Waals surface area contributed by atoms with Crippen molar-refractivity contribution in [3.05, 3.63) is 51.1 Å². The monoisotopic (exact) mass is 353 g/mol. The van der Waals surface area contributed by atoms with E-state index in [9.17, 15) is 4.79 Å². The minimum Gasteiger partial charge on any atom is -0.373 e. The van der Waals surface area contributed by atoms with E-state index in [0.717, 1.165) is 15.7 Å². The van der Waals surface area contributed by atoms with Gasteiger partial charge in [-0.15, -0.1) is 0 Å². The smallest absolute Gasteiger partial charge is 0.275 e. The Morgan fingerprint density at radius 2 is 2.05 bits per heavy atom. The summed E-state index contributed by atoms with van der Waals surface area (Å²) in [6, 6.07) is 8.97. The highest BCUT2D eigenvalue weighted by Gasteiger charge is 2.14. The Morgan fingerprint density at radius 3 is 2.70 bits per heavy atom. The summed E-state index contributed by atoms with van der Waals surface area (Å²) in [4.78, 5) is 16.4. The molecular formula is C14H13BrClN3O. The second-order valence-electron chi connectivity index (χ2n) is 4.19. The van der Waals surface area contributed by atoms with Crippen LogP contribution in [0.25, 0.3) is 0 Å². The van der Waals surface area contributed by atoms with E-state index >= 15 is 0 Å². The minimum atomic E-state index is -0.336. The van der Waals surface area contributed by atoms with Crippen molar-refractivity contribution in [3.8, 4) is 0 Å². The van der Waals surface area contributed by atoms with Crippen LogP contribution in [0.4, 0.5) is 11.5 Å². The Hall–Kier alpha value is -1.59. The summed E-state index contributed by atoms with van der Waals surface area (Å²) < 4.78 is 0.960. The lowest BCUT2D eigenvalue weighted by Crippen LogP contribution is -2.15. The highest BCUT2D eigenvalue weighted by Crippen LogP contribution is 2.22. The summed E-state index contributed by atoms with van der Waals surface area (Å²) in [7, 11) is 1.73. The first kappa shape index (κ1) is 14.8. The molecule has 1 aromatic heterocycles. The molecule has 0 aliphatic rings. The fourth-order valence-electron chi connectivity index (χ4n) is 1.69. The fourth-order valence-corrected chi connectivity index (χ4v) is 2.36. The van der Waals surface area contributed by atoms with Crippen LogP contribution in [0.1, 0.15) is 16.1 Å². The highest BCUT2D eigenvalue weighted by molar-refractivity contribution is 9.10. The molecule has 20 heavy (non-hydrogen) atoms. The number of benzene rings is 1. The van der Waals surface area contributed by atoms with E-state index in [2.05, 4.69) is 31.5 Å². The predicted octanol–water partition coefficient (Wildman–Crippen LogP) is 4.10. The number of nitrogens with zero attached hydrogens (tertiary/aromatic N) is 1. The van der Waals surface area contributed by atoms with E-state index in [1.54, 1.807) is 19.2 Å². The molecule has 6 heteroatoms. The van der Waals surface area contributed by atoms with E-state index < -0.39 is 0 Å². The van der Waals surface area contributed by atoms with Gasteiger partial charge in [-0.2, -0.15) is 0 Å². The molecule has 2 rings (SSSR count). The van der Waals surface area contributed by atoms with Crippen LogP contribution in [0.5, 0.6) is 0 Å². The summed E-state index contributed by atoms with van der Waals surface area (Å²) in [5, 5.41) is 6.00. The van der Waals surface area contributed by atoms with Gasteiger partial charge >= 0.3 is 0 Å². The van der Waals surface area contributed by atoms with Gasteiger partial charge in [-0.25, -0.2) is 4.98 Å². The second-order valence-corrected chi connectivity index (χ2v) is 5.51. The van der Waals surface area contributed by atoms with Gasteiger partial charge in [0, 0.05) is 17.2 Å². The molecule has 0 bridgehead atoms. The molecular weight excluding hydrogens is 342 g/mol. The van der Waals surface area contributed by atoms with Gasteiger partial charge < -0.3 is 10.6 Å². The van der Waals surface area contributed by atoms with Crippen molar-refractivity contribution in [2.75, 3.05) is 17.7 Å². The molecule has 1 aromatic carbocycles. The minimum absolute atomic E-state index is 0.195. The maximum Gasteiger partial charge on any atom is 0.275 e. The topological polar surface area (TPSA) is 54.0 Å². The molecule has 1 amide bonds. The molecule has 1 heterocycles. The predicted molar refractivity (Wildman–Crippen MR) is 85.6 cm³/mol. The normalized spacial score (nSPS) is 10.2. The Kier molecular flexibility index (Phi) is 4.62. The van der Waals surface area contributed by atoms with Crippen LogP contribution in [0.2, 0.25) is 5.02 Å². The van der Waals surface area contributed by atoms with Gasteiger partial charge in [0.1, 0.15) is 11.5 Å². The first-order chi connectivity index (χ1) is 9.51. The largest absolute Gasteiger partial charge is 0.373 e. The molecule has 0 aliphatic carbocycles. The van der Waals surface area contributed by atoms with E-state index in [4.69, 9.17) is 11.6 Å². The van der Waals surface area contributed by atoms with E-state index in [1.807, 2.05) is 25.1 Å². The Labute approximate surface area is 130 Å². The lowest BCUT2D eigenvalue weighted by molar-refractivity contribution is 0.102. The molecule has 0 spiro atoms. The number of pyridine rings is 1. The summed E-state index contributed by atoms with van der Waals surface area (Å²) in [5.41, 5.74) is 1.88. The zero-order valence-electron chi connectivity index (χ0n) is 11.0. The summed E-state index contributed by atoms with van der Waals surface area (Å²) in [6.07, 6.45) is 0. The summed E-state index contributed by atoms with van der Waals surface area (Å²) in [6.45, 7) is 1.92. The first-order valence-corrected chi connectivity index (χ1v) is 7.10. The van der Waals surface area contributed by atoms with E-state index in [0.29, 0.717) is 10.8 Å². The van der Waals surface area contributed by atoms with Crippen molar-refractivity contribution in [1.82, 2.24) is 4.98 Å². The Balaban J connectivity index is 2.28. The molecule has 0 atom stereocenters. The van der Waals surface area contributed by atoms with Gasteiger partial charge in [-0.05, 0) is 42.8 Å². The molecule has 0 aliphatic heterocycles. The zero-order valence-corrected chi connectivity index (χ0v) is 13.3. The van der Waals surface area contributed by atoms with Crippen LogP contribution < -0.4 is 10.6 Å². The second kappa shape index (κ2) is 6.24. The Morgan fingerprint density at radius 1 is 1.30 bits per heavy atom. The third kappa shape index (κ3) is 3.29. The number of anilines is 2. The number of aromatic nitrogens is 1. The van der Waals surface area contributed by atoms with Gasteiger partial charge in [0.2, 0.25) is 0 Å². The number of hydrogen-bond donors (Lipinski definition) is 2. The van der Waals surface area contributed by atoms with E-state index in [-0.39, 0.29) is 11.6 Å². The number of halogens is 2. The molecule has 0 saturated heterocycles. The van der Waals surface area contributed by atoms with Gasteiger partial charge in [0.05, 0.1) is 5.02 Å². The van der Waals surface area contributed by atoms with Crippen LogP contribution in [0, 0.1) is 6.92 Å². The van der Waals surface area contributed by atoms with Gasteiger partial charge in [-0.3, -0.25) is 4.79 Å². The maximum atomic E-state index is 12.2. The SMILES string of the molecule is CNc1ccc(Cl)c(C(=O)Nc2ccc(Br)cc2C)n1. The van der Waals surface area contributed by atoms with Crippen molar-refractivity contribution in [3.63, 3.8) is 0 Å². The lowest BCUT2D eigenvalue weighted by atomic mass is 10.2. The zero-order chi connectivity index (χ0) is 14.7. The van der Waals surface area contributed by atoms with Crippen molar-refractivity contribution in [2.45, 2.75) is 6.92 Å². The van der Waals surface area contributed by atoms with Crippen molar-refractivity contribution < 1.29 is 4.79 Å². The quantitative estimate of drug-likeness (QED) is 0.872. The van der Waals surface area contributed by atoms with Crippen molar-refractivity contribution in [2.24, 2.45) is 0 Å². The van der Waals surface area contributed by atoms with Crippen LogP contribution >= 0.6 is 27.5 Å². The third-order valence-electron chi connectivity index (χ3n) is 2.75. The molecule has 0 unspecified atom stereocenters. The van der Waals surface area contributed by atoms with Crippen molar-refractivity contribution in [1.29, 1.82) is 0 Å². The average molecular weight is 355 g/mol. The average Bonchev–Trinajstić information content (AvgIpc) is 2.42. The maximum absolute atomic E-state index is 12.2. The molecule has 0 radical (unpaired) electrons. The van der Waals surface area contributed by atoms with Gasteiger partial charge in [0.15, 0.2) is 0 Å². The number of hydrogen-bond acceptors (Lipinski definition) is 3. The number of carbonyl (C=O) groups excluding carboxylic acids is 1. The third-order valence-corrected chi connectivity index (χ3v) is 3.55. The molecule has 0 saturated carbocycles. The summed E-state index contributed by atoms with van der Waals surface area (Å²) in [5.74, 6) is 0.254.